The number of hydrogen-bond donors (Lipinski definition) is 3. The molecule has 10 heteroatoms. The molecule has 0 aliphatic carbocycles. The molecule has 3 aromatic carbocycles. The van der Waals surface area contributed by atoms with Crippen molar-refractivity contribution in [3.63, 3.8) is 0 Å². The van der Waals surface area contributed by atoms with E-state index in [9.17, 15) is 18.0 Å². The summed E-state index contributed by atoms with van der Waals surface area (Å²) in [7, 11) is -3.89. The number of carbonyl (C=O) groups is 2. The Morgan fingerprint density at radius 1 is 1.10 bits per heavy atom. The third-order valence-electron chi connectivity index (χ3n) is 6.59. The summed E-state index contributed by atoms with van der Waals surface area (Å²) >= 11 is 1.64. The molecule has 5 N–H and O–H groups in total. The van der Waals surface area contributed by atoms with Crippen molar-refractivity contribution in [2.75, 3.05) is 11.2 Å². The fourth-order valence-corrected chi connectivity index (χ4v) is 5.99. The zero-order chi connectivity index (χ0) is 28.4. The highest BCUT2D eigenvalue weighted by atomic mass is 32.2. The van der Waals surface area contributed by atoms with Crippen LogP contribution in [-0.2, 0) is 32.6 Å². The van der Waals surface area contributed by atoms with Gasteiger partial charge in [-0.3, -0.25) is 9.59 Å². The van der Waals surface area contributed by atoms with Crippen LogP contribution in [0.2, 0.25) is 0 Å². The molecule has 0 spiro atoms. The van der Waals surface area contributed by atoms with Gasteiger partial charge in [0, 0.05) is 28.1 Å². The molecule has 0 aromatic heterocycles. The largest absolute Gasteiger partial charge is 0.344 e. The predicted octanol–water partition coefficient (Wildman–Crippen LogP) is 3.81. The van der Waals surface area contributed by atoms with Gasteiger partial charge in [-0.25, -0.2) is 13.6 Å². The maximum atomic E-state index is 13.8. The van der Waals surface area contributed by atoms with Crippen molar-refractivity contribution < 1.29 is 18.0 Å². The summed E-state index contributed by atoms with van der Waals surface area (Å²) in [5.41, 5.74) is 9.27. The minimum absolute atomic E-state index is 0.0539. The maximum absolute atomic E-state index is 13.8. The highest BCUT2D eigenvalue weighted by molar-refractivity contribution is 7.98. The highest BCUT2D eigenvalue weighted by Gasteiger charge is 2.32. The Balaban J connectivity index is 1.65. The number of fused-ring (bicyclic) bond motifs is 1. The Labute approximate surface area is 234 Å². The molecule has 0 fully saturated rings. The van der Waals surface area contributed by atoms with Gasteiger partial charge in [0.1, 0.15) is 6.04 Å². The average molecular weight is 567 g/mol. The zero-order valence-electron chi connectivity index (χ0n) is 22.3. The fraction of sp³-hybridized carbons (Fsp3) is 0.310. The summed E-state index contributed by atoms with van der Waals surface area (Å²) in [5, 5.41) is 8.33. The lowest BCUT2D eigenvalue weighted by Crippen LogP contribution is -2.49. The standard InChI is InChI=1S/C29H34N4O4S2/c1-29(2,30)17-27(34)32-24-14-12-21-16-22(38-3)13-15-25(21)33(28(24)35)18-19-8-10-20(11-9-19)23-6-4-5-7-26(23)39(31,36)37/h4-11,13,15-16,24H,12,14,17-18,30H2,1-3H3,(H,32,34)(H2,31,36,37)/t24-/m1/s1. The molecular weight excluding hydrogens is 532 g/mol. The van der Waals surface area contributed by atoms with Gasteiger partial charge in [0.15, 0.2) is 0 Å². The van der Waals surface area contributed by atoms with Crippen LogP contribution in [0.4, 0.5) is 5.69 Å². The molecule has 1 heterocycles. The van der Waals surface area contributed by atoms with E-state index in [2.05, 4.69) is 11.4 Å². The van der Waals surface area contributed by atoms with Gasteiger partial charge in [-0.1, -0.05) is 42.5 Å². The molecule has 206 valence electrons. The SMILES string of the molecule is CSc1ccc2c(c1)CC[C@@H](NC(=O)CC(C)(C)N)C(=O)N2Cc1ccc(-c2ccccc2S(N)(=O)=O)cc1. The van der Waals surface area contributed by atoms with E-state index in [1.807, 2.05) is 42.7 Å². The molecule has 0 saturated heterocycles. The Bertz CT molecular complexity index is 1480. The van der Waals surface area contributed by atoms with Gasteiger partial charge >= 0.3 is 0 Å². The van der Waals surface area contributed by atoms with E-state index in [1.165, 1.54) is 6.07 Å². The van der Waals surface area contributed by atoms with E-state index in [4.69, 9.17) is 10.9 Å². The van der Waals surface area contributed by atoms with Crippen LogP contribution in [0.15, 0.2) is 76.5 Å². The summed E-state index contributed by atoms with van der Waals surface area (Å²) in [6.07, 6.45) is 3.25. The van der Waals surface area contributed by atoms with E-state index < -0.39 is 21.6 Å². The van der Waals surface area contributed by atoms with Gasteiger partial charge in [-0.2, -0.15) is 0 Å². The molecule has 0 bridgehead atoms. The van der Waals surface area contributed by atoms with Crippen LogP contribution in [0.3, 0.4) is 0 Å². The molecule has 4 rings (SSSR count). The van der Waals surface area contributed by atoms with Crippen LogP contribution in [0.1, 0.15) is 37.8 Å². The number of carbonyl (C=O) groups excluding carboxylic acids is 2. The smallest absolute Gasteiger partial charge is 0.249 e. The summed E-state index contributed by atoms with van der Waals surface area (Å²) in [6.45, 7) is 3.84. The number of hydrogen-bond acceptors (Lipinski definition) is 6. The molecule has 3 aromatic rings. The molecule has 0 unspecified atom stereocenters. The van der Waals surface area contributed by atoms with Crippen molar-refractivity contribution in [3.05, 3.63) is 77.9 Å². The topological polar surface area (TPSA) is 136 Å². The fourth-order valence-electron chi connectivity index (χ4n) is 4.76. The van der Waals surface area contributed by atoms with Crippen molar-refractivity contribution in [3.8, 4) is 11.1 Å². The number of nitrogens with one attached hydrogen (secondary N) is 1. The van der Waals surface area contributed by atoms with E-state index in [1.54, 1.807) is 48.7 Å². The number of thioether (sulfide) groups is 1. The number of amides is 2. The average Bonchev–Trinajstić information content (AvgIpc) is 2.99. The molecule has 0 radical (unpaired) electrons. The zero-order valence-corrected chi connectivity index (χ0v) is 23.9. The van der Waals surface area contributed by atoms with Gasteiger partial charge in [-0.15, -0.1) is 11.8 Å². The van der Waals surface area contributed by atoms with Gasteiger partial charge in [0.25, 0.3) is 0 Å². The van der Waals surface area contributed by atoms with Gasteiger partial charge in [0.2, 0.25) is 21.8 Å². The van der Waals surface area contributed by atoms with Crippen LogP contribution < -0.4 is 21.1 Å². The molecule has 1 aliphatic rings. The highest BCUT2D eigenvalue weighted by Crippen LogP contribution is 2.33. The molecule has 0 saturated carbocycles. The van der Waals surface area contributed by atoms with Crippen LogP contribution >= 0.6 is 11.8 Å². The lowest BCUT2D eigenvalue weighted by atomic mass is 10.0. The van der Waals surface area contributed by atoms with Crippen molar-refractivity contribution >= 4 is 39.3 Å². The van der Waals surface area contributed by atoms with Crippen molar-refractivity contribution in [2.24, 2.45) is 10.9 Å². The number of anilines is 1. The second-order valence-electron chi connectivity index (χ2n) is 10.5. The summed E-state index contributed by atoms with van der Waals surface area (Å²) < 4.78 is 24.1. The minimum atomic E-state index is -3.89. The number of primary sulfonamides is 1. The van der Waals surface area contributed by atoms with E-state index in [0.29, 0.717) is 24.0 Å². The normalized spacial score (nSPS) is 16.0. The Morgan fingerprint density at radius 3 is 2.44 bits per heavy atom. The minimum Gasteiger partial charge on any atom is -0.344 e. The quantitative estimate of drug-likeness (QED) is 0.355. The van der Waals surface area contributed by atoms with E-state index >= 15 is 0 Å². The number of nitrogens with two attached hydrogens (primary N) is 2. The first kappa shape index (κ1) is 28.8. The first-order valence-corrected chi connectivity index (χ1v) is 15.4. The molecule has 1 atom stereocenters. The number of aryl methyl sites for hydroxylation is 1. The third kappa shape index (κ3) is 7.07. The van der Waals surface area contributed by atoms with E-state index in [-0.39, 0.29) is 29.7 Å². The second-order valence-corrected chi connectivity index (χ2v) is 12.9. The van der Waals surface area contributed by atoms with Gasteiger partial charge < -0.3 is 16.0 Å². The maximum Gasteiger partial charge on any atom is 0.249 e. The molecule has 1 aliphatic heterocycles. The Morgan fingerprint density at radius 2 is 1.79 bits per heavy atom. The lowest BCUT2D eigenvalue weighted by Gasteiger charge is -2.27. The van der Waals surface area contributed by atoms with Crippen LogP contribution in [-0.4, -0.2) is 38.1 Å². The lowest BCUT2D eigenvalue weighted by molar-refractivity contribution is -0.128. The van der Waals surface area contributed by atoms with Crippen LogP contribution in [0.5, 0.6) is 0 Å². The first-order valence-electron chi connectivity index (χ1n) is 12.6. The van der Waals surface area contributed by atoms with Crippen LogP contribution in [0.25, 0.3) is 11.1 Å². The monoisotopic (exact) mass is 566 g/mol. The molecular formula is C29H34N4O4S2. The molecule has 2 amide bonds. The third-order valence-corrected chi connectivity index (χ3v) is 8.29. The summed E-state index contributed by atoms with van der Waals surface area (Å²) in [6, 6.07) is 19.3. The van der Waals surface area contributed by atoms with Crippen molar-refractivity contribution in [1.29, 1.82) is 0 Å². The predicted molar refractivity (Wildman–Crippen MR) is 156 cm³/mol. The first-order chi connectivity index (χ1) is 18.4. The second kappa shape index (κ2) is 11.5. The number of rotatable bonds is 8. The van der Waals surface area contributed by atoms with Gasteiger partial charge in [-0.05, 0) is 73.9 Å². The molecule has 39 heavy (non-hydrogen) atoms. The van der Waals surface area contributed by atoms with Crippen molar-refractivity contribution in [1.82, 2.24) is 5.32 Å². The van der Waals surface area contributed by atoms with Gasteiger partial charge in [0.05, 0.1) is 11.4 Å². The molecule has 8 nitrogen and oxygen atoms in total. The van der Waals surface area contributed by atoms with Crippen LogP contribution in [0, 0.1) is 0 Å². The number of benzene rings is 3. The summed E-state index contributed by atoms with van der Waals surface area (Å²) in [5.74, 6) is -0.438. The Hall–Kier alpha value is -3.18. The number of sulfonamides is 1. The number of nitrogens with zero attached hydrogens (tertiary/aromatic N) is 1. The Kier molecular flexibility index (Phi) is 8.51. The summed E-state index contributed by atoms with van der Waals surface area (Å²) in [4.78, 5) is 29.4. The van der Waals surface area contributed by atoms with E-state index in [0.717, 1.165) is 21.7 Å². The van der Waals surface area contributed by atoms with Crippen molar-refractivity contribution in [2.45, 2.75) is 61.0 Å².